The maximum atomic E-state index is 5.48. The molecule has 1 aromatic heterocycles. The number of unbranched alkanes of at least 4 members (excludes halogenated alkanes) is 2. The first-order valence-corrected chi connectivity index (χ1v) is 6.47. The second kappa shape index (κ2) is 8.69. The lowest BCUT2D eigenvalue weighted by Crippen LogP contribution is -2.09. The molecule has 1 rings (SSSR count). The van der Waals surface area contributed by atoms with Gasteiger partial charge in [-0.05, 0) is 13.3 Å². The van der Waals surface area contributed by atoms with Gasteiger partial charge in [-0.1, -0.05) is 19.8 Å². The molecule has 0 atom stereocenters. The third-order valence-electron chi connectivity index (χ3n) is 2.44. The Morgan fingerprint density at radius 1 is 1.22 bits per heavy atom. The molecule has 0 aliphatic rings. The normalized spacial score (nSPS) is 10.4. The molecule has 0 spiro atoms. The monoisotopic (exact) mass is 253 g/mol. The van der Waals surface area contributed by atoms with Gasteiger partial charge in [0.1, 0.15) is 18.2 Å². The van der Waals surface area contributed by atoms with Gasteiger partial charge in [-0.2, -0.15) is 4.98 Å². The van der Waals surface area contributed by atoms with E-state index in [1.165, 1.54) is 12.8 Å². The van der Waals surface area contributed by atoms with Crippen LogP contribution in [-0.2, 0) is 4.74 Å². The van der Waals surface area contributed by atoms with Crippen LogP contribution in [0.2, 0.25) is 0 Å². The minimum Gasteiger partial charge on any atom is -0.475 e. The fraction of sp³-hybridized carbons (Fsp3) is 0.692. The highest BCUT2D eigenvalue weighted by molar-refractivity contribution is 5.38. The van der Waals surface area contributed by atoms with Crippen molar-refractivity contribution in [2.45, 2.75) is 33.1 Å². The predicted octanol–water partition coefficient (Wildman–Crippen LogP) is 2.41. The summed E-state index contributed by atoms with van der Waals surface area (Å²) in [6.07, 6.45) is 3.60. The minimum absolute atomic E-state index is 0.502. The Morgan fingerprint density at radius 2 is 2.06 bits per heavy atom. The van der Waals surface area contributed by atoms with Gasteiger partial charge in [0.15, 0.2) is 0 Å². The Bertz CT molecular complexity index is 345. The molecule has 5 heteroatoms. The van der Waals surface area contributed by atoms with E-state index in [9.17, 15) is 0 Å². The second-order valence-electron chi connectivity index (χ2n) is 4.11. The van der Waals surface area contributed by atoms with Crippen molar-refractivity contribution in [2.24, 2.45) is 0 Å². The zero-order chi connectivity index (χ0) is 13.2. The van der Waals surface area contributed by atoms with Crippen molar-refractivity contribution in [2.75, 3.05) is 32.2 Å². The summed E-state index contributed by atoms with van der Waals surface area (Å²) < 4.78 is 10.4. The van der Waals surface area contributed by atoms with Crippen LogP contribution < -0.4 is 10.1 Å². The van der Waals surface area contributed by atoms with Crippen molar-refractivity contribution in [1.82, 2.24) is 9.97 Å². The summed E-state index contributed by atoms with van der Waals surface area (Å²) in [6, 6.07) is 1.83. The molecule has 0 aromatic carbocycles. The molecule has 5 nitrogen and oxygen atoms in total. The van der Waals surface area contributed by atoms with Crippen molar-refractivity contribution < 1.29 is 9.47 Å². The van der Waals surface area contributed by atoms with Crippen molar-refractivity contribution in [1.29, 1.82) is 0 Å². The first-order chi connectivity index (χ1) is 8.76. The Balaban J connectivity index is 2.46. The minimum atomic E-state index is 0.502. The van der Waals surface area contributed by atoms with Gasteiger partial charge in [0, 0.05) is 19.7 Å². The Morgan fingerprint density at radius 3 is 2.78 bits per heavy atom. The molecule has 0 aliphatic carbocycles. The highest BCUT2D eigenvalue weighted by atomic mass is 16.5. The number of aryl methyl sites for hydroxylation is 1. The summed E-state index contributed by atoms with van der Waals surface area (Å²) in [6.45, 7) is 6.04. The smallest absolute Gasteiger partial charge is 0.218 e. The van der Waals surface area contributed by atoms with E-state index in [0.29, 0.717) is 24.9 Å². The van der Waals surface area contributed by atoms with E-state index in [1.54, 1.807) is 7.11 Å². The summed E-state index contributed by atoms with van der Waals surface area (Å²) in [7, 11) is 1.65. The summed E-state index contributed by atoms with van der Waals surface area (Å²) in [4.78, 5) is 8.55. The molecule has 0 saturated carbocycles. The number of nitrogens with one attached hydrogen (secondary N) is 1. The zero-order valence-corrected chi connectivity index (χ0v) is 11.5. The van der Waals surface area contributed by atoms with E-state index in [-0.39, 0.29) is 0 Å². The molecular weight excluding hydrogens is 230 g/mol. The van der Waals surface area contributed by atoms with Crippen molar-refractivity contribution in [3.8, 4) is 5.88 Å². The largest absolute Gasteiger partial charge is 0.475 e. The lowest BCUT2D eigenvalue weighted by Gasteiger charge is -2.09. The van der Waals surface area contributed by atoms with Gasteiger partial charge in [-0.25, -0.2) is 4.98 Å². The van der Waals surface area contributed by atoms with Gasteiger partial charge in [-0.3, -0.25) is 0 Å². The van der Waals surface area contributed by atoms with Gasteiger partial charge < -0.3 is 14.8 Å². The van der Waals surface area contributed by atoms with Crippen LogP contribution in [0.15, 0.2) is 6.07 Å². The molecule has 0 aliphatic heterocycles. The van der Waals surface area contributed by atoms with Gasteiger partial charge in [0.25, 0.3) is 0 Å². The number of aromatic nitrogens is 2. The van der Waals surface area contributed by atoms with Crippen LogP contribution in [0.25, 0.3) is 0 Å². The molecule has 0 bridgehead atoms. The third kappa shape index (κ3) is 5.82. The van der Waals surface area contributed by atoms with Crippen LogP contribution in [0, 0.1) is 6.92 Å². The Labute approximate surface area is 109 Å². The maximum Gasteiger partial charge on any atom is 0.218 e. The van der Waals surface area contributed by atoms with Crippen LogP contribution >= 0.6 is 0 Å². The molecule has 1 N–H and O–H groups in total. The summed E-state index contributed by atoms with van der Waals surface area (Å²) in [5.74, 6) is 2.13. The third-order valence-corrected chi connectivity index (χ3v) is 2.44. The van der Waals surface area contributed by atoms with Gasteiger partial charge in [0.2, 0.25) is 5.88 Å². The number of methoxy groups -OCH3 is 1. The van der Waals surface area contributed by atoms with Crippen molar-refractivity contribution in [3.63, 3.8) is 0 Å². The molecule has 0 unspecified atom stereocenters. The number of hydrogen-bond acceptors (Lipinski definition) is 5. The number of hydrogen-bond donors (Lipinski definition) is 1. The van der Waals surface area contributed by atoms with Crippen molar-refractivity contribution >= 4 is 5.82 Å². The van der Waals surface area contributed by atoms with E-state index in [1.807, 2.05) is 13.0 Å². The first kappa shape index (κ1) is 14.7. The number of ether oxygens (including phenoxy) is 2. The molecule has 18 heavy (non-hydrogen) atoms. The average Bonchev–Trinajstić information content (AvgIpc) is 2.34. The summed E-state index contributed by atoms with van der Waals surface area (Å²) in [5, 5.41) is 3.29. The van der Waals surface area contributed by atoms with Gasteiger partial charge in [-0.15, -0.1) is 0 Å². The lowest BCUT2D eigenvalue weighted by molar-refractivity contribution is 0.143. The maximum absolute atomic E-state index is 5.48. The highest BCUT2D eigenvalue weighted by Gasteiger charge is 2.02. The molecular formula is C13H23N3O2. The second-order valence-corrected chi connectivity index (χ2v) is 4.11. The first-order valence-electron chi connectivity index (χ1n) is 6.47. The molecule has 0 saturated heterocycles. The molecule has 102 valence electrons. The SMILES string of the molecule is CCCCCNc1cc(OCCOC)nc(C)n1. The van der Waals surface area contributed by atoms with E-state index in [2.05, 4.69) is 22.2 Å². The van der Waals surface area contributed by atoms with Crippen LogP contribution in [0.4, 0.5) is 5.82 Å². The average molecular weight is 253 g/mol. The molecule has 0 fully saturated rings. The standard InChI is InChI=1S/C13H23N3O2/c1-4-5-6-7-14-12-10-13(16-11(2)15-12)18-9-8-17-3/h10H,4-9H2,1-3H3,(H,14,15,16). The number of nitrogens with zero attached hydrogens (tertiary/aromatic N) is 2. The van der Waals surface area contributed by atoms with E-state index in [0.717, 1.165) is 18.8 Å². The topological polar surface area (TPSA) is 56.3 Å². The van der Waals surface area contributed by atoms with Gasteiger partial charge in [0.05, 0.1) is 6.61 Å². The van der Waals surface area contributed by atoms with Crippen LogP contribution in [0.1, 0.15) is 32.0 Å². The summed E-state index contributed by atoms with van der Waals surface area (Å²) >= 11 is 0. The quantitative estimate of drug-likeness (QED) is 0.685. The predicted molar refractivity (Wildman–Crippen MR) is 72.2 cm³/mol. The van der Waals surface area contributed by atoms with Crippen LogP contribution in [-0.4, -0.2) is 36.8 Å². The number of anilines is 1. The number of rotatable bonds is 9. The van der Waals surface area contributed by atoms with Crippen LogP contribution in [0.5, 0.6) is 5.88 Å². The molecule has 0 amide bonds. The molecule has 1 heterocycles. The Kier molecular flexibility index (Phi) is 7.10. The lowest BCUT2D eigenvalue weighted by atomic mass is 10.2. The van der Waals surface area contributed by atoms with E-state index < -0.39 is 0 Å². The fourth-order valence-corrected chi connectivity index (χ4v) is 1.53. The van der Waals surface area contributed by atoms with E-state index >= 15 is 0 Å². The fourth-order valence-electron chi connectivity index (χ4n) is 1.53. The highest BCUT2D eigenvalue weighted by Crippen LogP contribution is 2.13. The zero-order valence-electron chi connectivity index (χ0n) is 11.5. The van der Waals surface area contributed by atoms with Gasteiger partial charge >= 0.3 is 0 Å². The van der Waals surface area contributed by atoms with Crippen LogP contribution in [0.3, 0.4) is 0 Å². The van der Waals surface area contributed by atoms with Crippen molar-refractivity contribution in [3.05, 3.63) is 11.9 Å². The molecule has 1 aromatic rings. The van der Waals surface area contributed by atoms with E-state index in [4.69, 9.17) is 9.47 Å². The summed E-state index contributed by atoms with van der Waals surface area (Å²) in [5.41, 5.74) is 0. The molecule has 0 radical (unpaired) electrons. The Hall–Kier alpha value is -1.36.